The van der Waals surface area contributed by atoms with Crippen LogP contribution in [-0.4, -0.2) is 54.6 Å². The summed E-state index contributed by atoms with van der Waals surface area (Å²) >= 11 is 0. The number of hydrogen-bond acceptors (Lipinski definition) is 3. The molecule has 1 saturated heterocycles. The maximum Gasteiger partial charge on any atom is 0.241 e. The summed E-state index contributed by atoms with van der Waals surface area (Å²) in [4.78, 5) is 16.9. The fourth-order valence-corrected chi connectivity index (χ4v) is 2.69. The van der Waals surface area contributed by atoms with Gasteiger partial charge in [-0.1, -0.05) is 27.7 Å². The quantitative estimate of drug-likeness (QED) is 0.778. The highest BCUT2D eigenvalue weighted by Gasteiger charge is 2.39. The molecule has 0 aliphatic carbocycles. The monoisotopic (exact) mass is 283 g/mol. The van der Waals surface area contributed by atoms with Gasteiger partial charge in [-0.15, -0.1) is 0 Å². The van der Waals surface area contributed by atoms with Gasteiger partial charge in [-0.3, -0.25) is 10.1 Å². The van der Waals surface area contributed by atoms with Gasteiger partial charge >= 0.3 is 0 Å². The second-order valence-electron chi connectivity index (χ2n) is 7.30. The summed E-state index contributed by atoms with van der Waals surface area (Å²) in [6.07, 6.45) is 2.16. The van der Waals surface area contributed by atoms with E-state index in [0.29, 0.717) is 17.9 Å². The van der Waals surface area contributed by atoms with Crippen molar-refractivity contribution in [2.24, 2.45) is 11.8 Å². The van der Waals surface area contributed by atoms with Crippen LogP contribution in [0.25, 0.3) is 0 Å². The molecule has 0 aromatic carbocycles. The van der Waals surface area contributed by atoms with Crippen molar-refractivity contribution in [1.29, 1.82) is 0 Å². The molecule has 1 amide bonds. The van der Waals surface area contributed by atoms with Crippen LogP contribution in [0.5, 0.6) is 0 Å². The van der Waals surface area contributed by atoms with Gasteiger partial charge in [0.15, 0.2) is 0 Å². The Morgan fingerprint density at radius 3 is 2.10 bits per heavy atom. The summed E-state index contributed by atoms with van der Waals surface area (Å²) in [5.41, 5.74) is 0. The van der Waals surface area contributed by atoms with E-state index < -0.39 is 0 Å². The number of carbonyl (C=O) groups excluding carboxylic acids is 1. The first-order valence-electron chi connectivity index (χ1n) is 7.95. The number of carbonyl (C=O) groups is 1. The summed E-state index contributed by atoms with van der Waals surface area (Å²) in [5, 5.41) is 3.56. The average Bonchev–Trinajstić information content (AvgIpc) is 2.56. The zero-order valence-electron chi connectivity index (χ0n) is 14.3. The lowest BCUT2D eigenvalue weighted by Crippen LogP contribution is -2.45. The molecule has 0 bridgehead atoms. The van der Waals surface area contributed by atoms with Crippen molar-refractivity contribution in [1.82, 2.24) is 15.1 Å². The highest BCUT2D eigenvalue weighted by molar-refractivity contribution is 5.84. The Kier molecular flexibility index (Phi) is 6.46. The van der Waals surface area contributed by atoms with Crippen molar-refractivity contribution in [3.8, 4) is 0 Å². The van der Waals surface area contributed by atoms with Crippen LogP contribution in [0, 0.1) is 11.8 Å². The standard InChI is InChI=1S/C16H33N3O/c1-11(2)8-14-16(20)19(10-13(5)18(6)7)15(17-14)9-12(3)4/h11-15,17H,8-10H2,1-7H3. The molecule has 0 aromatic rings. The van der Waals surface area contributed by atoms with Gasteiger partial charge in [-0.2, -0.15) is 0 Å². The lowest BCUT2D eigenvalue weighted by atomic mass is 10.0. The Balaban J connectivity index is 2.76. The number of likely N-dealkylation sites (N-methyl/N-ethyl adjacent to an activating group) is 1. The zero-order chi connectivity index (χ0) is 15.4. The average molecular weight is 283 g/mol. The maximum atomic E-state index is 12.6. The first kappa shape index (κ1) is 17.4. The van der Waals surface area contributed by atoms with Gasteiger partial charge in [0.05, 0.1) is 12.2 Å². The molecule has 118 valence electrons. The fraction of sp³-hybridized carbons (Fsp3) is 0.938. The molecular weight excluding hydrogens is 250 g/mol. The summed E-state index contributed by atoms with van der Waals surface area (Å²) in [6, 6.07) is 0.390. The van der Waals surface area contributed by atoms with E-state index in [-0.39, 0.29) is 18.1 Å². The molecule has 1 aliphatic rings. The molecule has 0 radical (unpaired) electrons. The predicted molar refractivity (Wildman–Crippen MR) is 84.5 cm³/mol. The number of nitrogens with zero attached hydrogens (tertiary/aromatic N) is 2. The SMILES string of the molecule is CC(C)CC1NC(CC(C)C)N(CC(C)N(C)C)C1=O. The molecule has 0 saturated carbocycles. The highest BCUT2D eigenvalue weighted by Crippen LogP contribution is 2.22. The molecule has 1 rings (SSSR count). The van der Waals surface area contributed by atoms with Crippen LogP contribution < -0.4 is 5.32 Å². The Hall–Kier alpha value is -0.610. The van der Waals surface area contributed by atoms with Gasteiger partial charge in [0.2, 0.25) is 5.91 Å². The molecule has 4 heteroatoms. The normalized spacial score (nSPS) is 25.3. The molecule has 0 aromatic heterocycles. The van der Waals surface area contributed by atoms with Crippen molar-refractivity contribution in [3.63, 3.8) is 0 Å². The van der Waals surface area contributed by atoms with Crippen LogP contribution in [0.4, 0.5) is 0 Å². The number of nitrogens with one attached hydrogen (secondary N) is 1. The second kappa shape index (κ2) is 7.41. The van der Waals surface area contributed by atoms with Crippen LogP contribution in [-0.2, 0) is 4.79 Å². The van der Waals surface area contributed by atoms with E-state index in [1.54, 1.807) is 0 Å². The Labute approximate surface area is 124 Å². The Morgan fingerprint density at radius 1 is 1.10 bits per heavy atom. The fourth-order valence-electron chi connectivity index (χ4n) is 2.69. The van der Waals surface area contributed by atoms with Crippen molar-refractivity contribution in [2.75, 3.05) is 20.6 Å². The molecular formula is C16H33N3O. The summed E-state index contributed by atoms with van der Waals surface area (Å²) in [6.45, 7) is 11.8. The first-order chi connectivity index (χ1) is 9.22. The predicted octanol–water partition coefficient (Wildman–Crippen LogP) is 2.16. The van der Waals surface area contributed by atoms with Gasteiger partial charge < -0.3 is 9.80 Å². The maximum absolute atomic E-state index is 12.6. The van der Waals surface area contributed by atoms with Gasteiger partial charge in [-0.25, -0.2) is 0 Å². The summed E-state index contributed by atoms with van der Waals surface area (Å²) < 4.78 is 0. The minimum absolute atomic E-state index is 0.00751. The van der Waals surface area contributed by atoms with Crippen LogP contribution in [0.2, 0.25) is 0 Å². The Morgan fingerprint density at radius 2 is 1.65 bits per heavy atom. The first-order valence-corrected chi connectivity index (χ1v) is 7.95. The number of hydrogen-bond donors (Lipinski definition) is 1. The van der Waals surface area contributed by atoms with E-state index in [4.69, 9.17) is 0 Å². The van der Waals surface area contributed by atoms with Crippen molar-refractivity contribution >= 4 is 5.91 Å². The van der Waals surface area contributed by atoms with Gasteiger partial charge in [0.25, 0.3) is 0 Å². The van der Waals surface area contributed by atoms with E-state index in [1.807, 2.05) is 0 Å². The van der Waals surface area contributed by atoms with Crippen molar-refractivity contribution in [3.05, 3.63) is 0 Å². The molecule has 0 spiro atoms. The third-order valence-corrected chi connectivity index (χ3v) is 4.10. The summed E-state index contributed by atoms with van der Waals surface area (Å²) in [7, 11) is 4.14. The zero-order valence-corrected chi connectivity index (χ0v) is 14.3. The molecule has 4 nitrogen and oxygen atoms in total. The minimum Gasteiger partial charge on any atom is -0.324 e. The van der Waals surface area contributed by atoms with Crippen LogP contribution >= 0.6 is 0 Å². The van der Waals surface area contributed by atoms with E-state index in [2.05, 4.69) is 63.8 Å². The Bertz CT molecular complexity index is 315. The molecule has 3 atom stereocenters. The van der Waals surface area contributed by atoms with Gasteiger partial charge in [0.1, 0.15) is 0 Å². The topological polar surface area (TPSA) is 35.6 Å². The molecule has 20 heavy (non-hydrogen) atoms. The minimum atomic E-state index is 0.00751. The lowest BCUT2D eigenvalue weighted by molar-refractivity contribution is -0.131. The lowest BCUT2D eigenvalue weighted by Gasteiger charge is -2.30. The highest BCUT2D eigenvalue weighted by atomic mass is 16.2. The molecule has 1 aliphatic heterocycles. The van der Waals surface area contributed by atoms with Gasteiger partial charge in [0, 0.05) is 12.6 Å². The largest absolute Gasteiger partial charge is 0.324 e. The molecule has 1 fully saturated rings. The van der Waals surface area contributed by atoms with E-state index in [1.165, 1.54) is 0 Å². The van der Waals surface area contributed by atoms with Crippen LogP contribution in [0.1, 0.15) is 47.5 Å². The van der Waals surface area contributed by atoms with Crippen molar-refractivity contribution in [2.45, 2.75) is 65.7 Å². The number of rotatable bonds is 7. The van der Waals surface area contributed by atoms with Crippen molar-refractivity contribution < 1.29 is 4.79 Å². The smallest absolute Gasteiger partial charge is 0.241 e. The third kappa shape index (κ3) is 4.74. The molecule has 3 unspecified atom stereocenters. The molecule has 1 heterocycles. The van der Waals surface area contributed by atoms with E-state index in [0.717, 1.165) is 19.4 Å². The molecule has 1 N–H and O–H groups in total. The van der Waals surface area contributed by atoms with Crippen LogP contribution in [0.3, 0.4) is 0 Å². The number of amides is 1. The van der Waals surface area contributed by atoms with E-state index >= 15 is 0 Å². The van der Waals surface area contributed by atoms with Crippen LogP contribution in [0.15, 0.2) is 0 Å². The third-order valence-electron chi connectivity index (χ3n) is 4.10. The summed E-state index contributed by atoms with van der Waals surface area (Å²) in [5.74, 6) is 1.43. The second-order valence-corrected chi connectivity index (χ2v) is 7.30. The van der Waals surface area contributed by atoms with E-state index in [9.17, 15) is 4.79 Å². The van der Waals surface area contributed by atoms with Gasteiger partial charge in [-0.05, 0) is 45.7 Å².